The summed E-state index contributed by atoms with van der Waals surface area (Å²) in [6.45, 7) is 0. The highest BCUT2D eigenvalue weighted by Gasteiger charge is 2.24. The first-order valence-electron chi connectivity index (χ1n) is 5.32. The van der Waals surface area contributed by atoms with Gasteiger partial charge in [0.05, 0.1) is 11.7 Å². The van der Waals surface area contributed by atoms with E-state index < -0.39 is 0 Å². The Balaban J connectivity index is 2.14. The summed E-state index contributed by atoms with van der Waals surface area (Å²) in [5, 5.41) is 3.34. The lowest BCUT2D eigenvalue weighted by molar-refractivity contribution is 0.468. The fourth-order valence-corrected chi connectivity index (χ4v) is 2.58. The number of rotatable bonds is 2. The zero-order valence-electron chi connectivity index (χ0n) is 8.67. The molecule has 0 saturated heterocycles. The molecule has 1 fully saturated rings. The quantitative estimate of drug-likeness (QED) is 0.825. The normalized spacial score (nSPS) is 25.4. The maximum Gasteiger partial charge on any atom is 0.267 e. The van der Waals surface area contributed by atoms with Crippen molar-refractivity contribution in [2.24, 2.45) is 0 Å². The summed E-state index contributed by atoms with van der Waals surface area (Å²) >= 11 is 9.45. The fourth-order valence-electron chi connectivity index (χ4n) is 1.91. The van der Waals surface area contributed by atoms with Gasteiger partial charge >= 0.3 is 0 Å². The third-order valence-electron chi connectivity index (χ3n) is 2.80. The number of hydrogen-bond acceptors (Lipinski definition) is 3. The van der Waals surface area contributed by atoms with Crippen molar-refractivity contribution < 1.29 is 0 Å². The standard InChI is InChI=1S/C10H13BrClN3O/c11-8-9(13-5-14-10(8)16)15-7-4-2-1-3-6(7)12/h5-7H,1-4H2,(H2,13,14,15,16). The molecule has 2 rings (SSSR count). The van der Waals surface area contributed by atoms with E-state index in [0.29, 0.717) is 10.3 Å². The molecule has 2 atom stereocenters. The summed E-state index contributed by atoms with van der Waals surface area (Å²) < 4.78 is 0.435. The minimum Gasteiger partial charge on any atom is -0.365 e. The van der Waals surface area contributed by atoms with Crippen molar-refractivity contribution in [2.45, 2.75) is 37.1 Å². The lowest BCUT2D eigenvalue weighted by Gasteiger charge is -2.28. The first kappa shape index (κ1) is 11.9. The van der Waals surface area contributed by atoms with Crippen molar-refractivity contribution in [3.63, 3.8) is 0 Å². The van der Waals surface area contributed by atoms with Gasteiger partial charge in [-0.3, -0.25) is 4.79 Å². The van der Waals surface area contributed by atoms with Crippen LogP contribution in [0, 0.1) is 0 Å². The smallest absolute Gasteiger partial charge is 0.267 e. The summed E-state index contributed by atoms with van der Waals surface area (Å²) in [5.74, 6) is 0.571. The molecule has 2 N–H and O–H groups in total. The third-order valence-corrected chi connectivity index (χ3v) is 4.06. The Hall–Kier alpha value is -0.550. The van der Waals surface area contributed by atoms with Crippen LogP contribution in [0.5, 0.6) is 0 Å². The summed E-state index contributed by atoms with van der Waals surface area (Å²) in [4.78, 5) is 17.9. The Labute approximate surface area is 107 Å². The van der Waals surface area contributed by atoms with E-state index in [9.17, 15) is 4.79 Å². The predicted octanol–water partition coefficient (Wildman–Crippen LogP) is 2.49. The van der Waals surface area contributed by atoms with Gasteiger partial charge in [0.1, 0.15) is 10.3 Å². The number of halogens is 2. The second-order valence-corrected chi connectivity index (χ2v) is 5.30. The first-order valence-corrected chi connectivity index (χ1v) is 6.55. The Morgan fingerprint density at radius 1 is 1.50 bits per heavy atom. The number of aromatic amines is 1. The number of nitrogens with one attached hydrogen (secondary N) is 2. The predicted molar refractivity (Wildman–Crippen MR) is 68.1 cm³/mol. The number of alkyl halides is 1. The second-order valence-electron chi connectivity index (χ2n) is 3.95. The molecule has 2 unspecified atom stereocenters. The molecule has 88 valence electrons. The third kappa shape index (κ3) is 2.58. The Kier molecular flexibility index (Phi) is 3.86. The maximum atomic E-state index is 11.3. The number of aromatic nitrogens is 2. The van der Waals surface area contributed by atoms with Crippen LogP contribution in [0.15, 0.2) is 15.6 Å². The molecule has 0 amide bonds. The summed E-state index contributed by atoms with van der Waals surface area (Å²) in [6, 6.07) is 0.195. The largest absolute Gasteiger partial charge is 0.365 e. The monoisotopic (exact) mass is 305 g/mol. The number of hydrogen-bond donors (Lipinski definition) is 2. The number of nitrogens with zero attached hydrogens (tertiary/aromatic N) is 1. The minimum absolute atomic E-state index is 0.113. The molecule has 0 bridgehead atoms. The molecular weight excluding hydrogens is 293 g/mol. The topological polar surface area (TPSA) is 57.8 Å². The van der Waals surface area contributed by atoms with Crippen molar-refractivity contribution in [3.05, 3.63) is 21.2 Å². The molecule has 6 heteroatoms. The summed E-state index contributed by atoms with van der Waals surface area (Å²) in [7, 11) is 0. The molecule has 1 saturated carbocycles. The van der Waals surface area contributed by atoms with Crippen molar-refractivity contribution in [1.29, 1.82) is 0 Å². The highest BCUT2D eigenvalue weighted by Crippen LogP contribution is 2.26. The van der Waals surface area contributed by atoms with Gasteiger partial charge in [0.15, 0.2) is 0 Å². The molecule has 4 nitrogen and oxygen atoms in total. The lowest BCUT2D eigenvalue weighted by Crippen LogP contribution is -2.33. The van der Waals surface area contributed by atoms with Crippen LogP contribution < -0.4 is 10.9 Å². The van der Waals surface area contributed by atoms with E-state index in [1.807, 2.05) is 0 Å². The van der Waals surface area contributed by atoms with Crippen LogP contribution in [-0.2, 0) is 0 Å². The van der Waals surface area contributed by atoms with Crippen LogP contribution in [0.2, 0.25) is 0 Å². The van der Waals surface area contributed by atoms with Crippen LogP contribution >= 0.6 is 27.5 Å². The van der Waals surface area contributed by atoms with Gasteiger partial charge in [0.25, 0.3) is 5.56 Å². The molecule has 16 heavy (non-hydrogen) atoms. The van der Waals surface area contributed by atoms with Gasteiger partial charge in [-0.2, -0.15) is 0 Å². The minimum atomic E-state index is -0.181. The molecule has 1 heterocycles. The fraction of sp³-hybridized carbons (Fsp3) is 0.600. The zero-order chi connectivity index (χ0) is 11.5. The van der Waals surface area contributed by atoms with Gasteiger partial charge in [-0.1, -0.05) is 12.8 Å². The molecule has 0 aliphatic heterocycles. The Morgan fingerprint density at radius 3 is 3.00 bits per heavy atom. The molecule has 1 aliphatic rings. The van der Waals surface area contributed by atoms with Gasteiger partial charge in [0, 0.05) is 6.04 Å². The van der Waals surface area contributed by atoms with Crippen LogP contribution in [0.4, 0.5) is 5.82 Å². The van der Waals surface area contributed by atoms with Crippen molar-refractivity contribution >= 4 is 33.3 Å². The summed E-state index contributed by atoms with van der Waals surface area (Å²) in [6.07, 6.45) is 5.77. The van der Waals surface area contributed by atoms with Gasteiger partial charge in [-0.05, 0) is 28.8 Å². The average Bonchev–Trinajstić information content (AvgIpc) is 2.28. The van der Waals surface area contributed by atoms with Crippen LogP contribution in [0.3, 0.4) is 0 Å². The van der Waals surface area contributed by atoms with Crippen molar-refractivity contribution in [2.75, 3.05) is 5.32 Å². The van der Waals surface area contributed by atoms with E-state index in [-0.39, 0.29) is 17.0 Å². The molecule has 1 aromatic rings. The van der Waals surface area contributed by atoms with Crippen LogP contribution in [0.1, 0.15) is 25.7 Å². The Bertz CT molecular complexity index is 423. The number of anilines is 1. The molecule has 1 aliphatic carbocycles. The Morgan fingerprint density at radius 2 is 2.25 bits per heavy atom. The average molecular weight is 307 g/mol. The van der Waals surface area contributed by atoms with Gasteiger partial charge in [-0.25, -0.2) is 4.98 Å². The van der Waals surface area contributed by atoms with E-state index in [1.165, 1.54) is 19.2 Å². The lowest BCUT2D eigenvalue weighted by atomic mass is 9.95. The van der Waals surface area contributed by atoms with E-state index in [1.54, 1.807) is 0 Å². The van der Waals surface area contributed by atoms with Crippen LogP contribution in [0.25, 0.3) is 0 Å². The van der Waals surface area contributed by atoms with Gasteiger partial charge in [-0.15, -0.1) is 11.6 Å². The van der Waals surface area contributed by atoms with Crippen molar-refractivity contribution in [3.8, 4) is 0 Å². The molecule has 0 radical (unpaired) electrons. The van der Waals surface area contributed by atoms with Crippen LogP contribution in [-0.4, -0.2) is 21.4 Å². The highest BCUT2D eigenvalue weighted by molar-refractivity contribution is 9.10. The zero-order valence-corrected chi connectivity index (χ0v) is 11.0. The SMILES string of the molecule is O=c1[nH]cnc(NC2CCCCC2Cl)c1Br. The molecule has 0 spiro atoms. The molecule has 0 aromatic carbocycles. The van der Waals surface area contributed by atoms with Gasteiger partial charge in [0.2, 0.25) is 0 Å². The first-order chi connectivity index (χ1) is 7.68. The molecular formula is C10H13BrClN3O. The van der Waals surface area contributed by atoms with E-state index in [2.05, 4.69) is 31.2 Å². The van der Waals surface area contributed by atoms with E-state index in [0.717, 1.165) is 12.8 Å². The summed E-state index contributed by atoms with van der Waals surface area (Å²) in [5.41, 5.74) is -0.181. The van der Waals surface area contributed by atoms with Crippen molar-refractivity contribution in [1.82, 2.24) is 9.97 Å². The van der Waals surface area contributed by atoms with E-state index in [4.69, 9.17) is 11.6 Å². The van der Waals surface area contributed by atoms with E-state index >= 15 is 0 Å². The highest BCUT2D eigenvalue weighted by atomic mass is 79.9. The molecule has 1 aromatic heterocycles. The number of H-pyrrole nitrogens is 1. The maximum absolute atomic E-state index is 11.3. The second kappa shape index (κ2) is 5.19. The van der Waals surface area contributed by atoms with Gasteiger partial charge < -0.3 is 10.3 Å².